The summed E-state index contributed by atoms with van der Waals surface area (Å²) >= 11 is 0. The smallest absolute Gasteiger partial charge is 0.857 e. The first-order valence-electron chi connectivity index (χ1n) is 41.6. The van der Waals surface area contributed by atoms with Gasteiger partial charge in [-0.25, -0.2) is 0 Å². The fourth-order valence-corrected chi connectivity index (χ4v) is 22.7. The molecule has 0 aromatic heterocycles. The van der Waals surface area contributed by atoms with Crippen LogP contribution >= 0.6 is 0 Å². The molecule has 0 aliphatic carbocycles. The van der Waals surface area contributed by atoms with Gasteiger partial charge in [0, 0.05) is 70.6 Å². The van der Waals surface area contributed by atoms with E-state index in [0.29, 0.717) is 75.5 Å². The molecule has 24 bridgehead atoms. The van der Waals surface area contributed by atoms with E-state index in [1.54, 1.807) is 0 Å². The zero-order valence-electron chi connectivity index (χ0n) is 65.2. The van der Waals surface area contributed by atoms with Crippen LogP contribution in [-0.4, -0.2) is 254 Å². The number of aliphatic hydroxyl groups excluding tert-OH is 2. The molecule has 0 radical (unpaired) electrons. The zero-order valence-corrected chi connectivity index (χ0v) is 66.6. The van der Waals surface area contributed by atoms with Crippen LogP contribution < -0.4 is 10.2 Å². The molecule has 20 rings (SSSR count). The molecule has 20 aliphatic heterocycles. The molecule has 0 aromatic rings. The topological polar surface area (TPSA) is 268 Å². The maximum Gasteiger partial charge on any atom is 2.00 e. The van der Waals surface area contributed by atoms with Crippen LogP contribution in [0.4, 0.5) is 0 Å². The van der Waals surface area contributed by atoms with Crippen LogP contribution in [0, 0.1) is 41.4 Å². The van der Waals surface area contributed by atoms with Crippen molar-refractivity contribution < 1.29 is 106 Å². The number of ketones is 2. The quantitative estimate of drug-likeness (QED) is 0.186. The number of aliphatic hydroxyl groups is 2. The number of Topliss-reactive ketones (excluding diaryl/α,β-unsaturated/α-hetero) is 2. The minimum Gasteiger partial charge on any atom is -0.857 e. The molecule has 20 fully saturated rings. The first kappa shape index (κ1) is 81.8. The Kier molecular flexibility index (Phi) is 26.2. The van der Waals surface area contributed by atoms with Gasteiger partial charge in [-0.05, 0) is 160 Å². The molecule has 38 atom stereocenters. The zero-order chi connectivity index (χ0) is 74.4. The van der Waals surface area contributed by atoms with Crippen molar-refractivity contribution in [1.82, 2.24) is 0 Å². The van der Waals surface area contributed by atoms with Crippen LogP contribution in [0.5, 0.6) is 0 Å². The first-order chi connectivity index (χ1) is 51.1. The Labute approximate surface area is 651 Å². The molecule has 2 N–H and O–H groups in total. The summed E-state index contributed by atoms with van der Waals surface area (Å²) in [5.74, 6) is 0.519. The van der Waals surface area contributed by atoms with Crippen LogP contribution in [0.25, 0.3) is 0 Å². The number of rotatable bonds is 6. The Bertz CT molecular complexity index is 2920. The Morgan fingerprint density at radius 2 is 0.804 bits per heavy atom. The predicted molar refractivity (Wildman–Crippen MR) is 389 cm³/mol. The SMILES string of the molecule is C=C1C[C@@H]2CC[C@@]34C[C@H]5O[C@H]6[C@@H](O3)[C@H]3OC(CC[C@@H]3O[C@H]6[C@H]5O4)CC(=O)C[C@@H]3[C@@H](C)[C@@H](C[C@H](C)CC)O[C@H]3CC3O[C@@H](CCC1O2)C[C@@H](C)C3=C.C=C1C[C@@H]2CC[C@@]34C[C@H]5O[C@H]6[C@@H](O3)[C@H]3OC(CC[C@@H]3O[C@H]6[C@H]5O4)CC(=O)C[C@@H]3[C@@H](C)[C@@H](C[C@H](O)CO)O[C@H]3CC3O[C@@H](CCC1O2)C[C@@H](C)C3=C.C[O-].C[O-].[Mg+2]. The van der Waals surface area contributed by atoms with E-state index in [-0.39, 0.29) is 236 Å². The number of carbonyl (C=O) groups is 2. The van der Waals surface area contributed by atoms with Crippen molar-refractivity contribution in [3.63, 3.8) is 0 Å². The number of carbonyl (C=O) groups excluding carboxylic acids is 2. The summed E-state index contributed by atoms with van der Waals surface area (Å²) in [6.45, 7) is 31.1. The minimum atomic E-state index is -0.872. The molecular formula is C84H126MgO22. The van der Waals surface area contributed by atoms with Crippen molar-refractivity contribution in [2.75, 3.05) is 20.8 Å². The molecule has 0 amide bonds. The second-order valence-electron chi connectivity index (χ2n) is 35.7. The van der Waals surface area contributed by atoms with Crippen molar-refractivity contribution in [2.24, 2.45) is 41.4 Å². The molecule has 2 spiro atoms. The van der Waals surface area contributed by atoms with E-state index in [1.807, 2.05) is 0 Å². The summed E-state index contributed by atoms with van der Waals surface area (Å²) in [4.78, 5) is 28.0. The average molecular weight is 1510 g/mol. The summed E-state index contributed by atoms with van der Waals surface area (Å²) in [7, 11) is 1.50. The Hall–Kier alpha value is -1.73. The first-order valence-corrected chi connectivity index (χ1v) is 41.6. The standard InChI is InChI=1S/C42H62O9.C40H58O11.2CH3O.Mg/c1-7-21(2)14-33-25(6)30-18-26(43)17-28-9-11-32-37(46-28)41-40-39(48-32)38-36(49-40)20-42(50-38,51-41)13-12-29-16-23(4)31(44-29)10-8-27-15-22(3)24(5)34(45-27)19-35(30)47-33;1-19-11-25-5-7-29-20(2)12-27(44-29)9-10-40-17-34-36(50-40)37-38(49-34)39(51-40)35-30(48-37)8-6-26(46-35)13-23(42)14-28-22(4)31(15-24(43)18-41)47-33(28)16-32(45-25)21(19)3;2*1-2;/h21-22,25,27-41H,4-5,7-20H2,1-3,6H3;19,22,24-39,41,43H,2-3,5-18H2,1,4H3;2*1H3;/q;;2*-1;+2/t21-,22-,25-,27+,28?,29+,30-,31?,32+,33-,34?,35+,36-,37+,38+,39+,40-,41+,42+;19-,22-,24+,25+,26?,27+,28-,29?,30+,31-,32?,33+,34-,35+,36+,37+,38-,39+,40+;;;/m11.../s1. The summed E-state index contributed by atoms with van der Waals surface area (Å²) in [6.07, 6.45) is 16.0. The van der Waals surface area contributed by atoms with Crippen LogP contribution in [0.15, 0.2) is 48.6 Å². The Balaban J connectivity index is 0.000000170. The van der Waals surface area contributed by atoms with E-state index in [4.69, 9.17) is 86.0 Å². The second kappa shape index (κ2) is 34.2. The summed E-state index contributed by atoms with van der Waals surface area (Å²) in [5, 5.41) is 36.5. The molecule has 0 saturated carbocycles. The second-order valence-corrected chi connectivity index (χ2v) is 35.7. The molecule has 23 heteroatoms. The van der Waals surface area contributed by atoms with Gasteiger partial charge in [0.15, 0.2) is 11.6 Å². The van der Waals surface area contributed by atoms with E-state index < -0.39 is 17.7 Å². The Morgan fingerprint density at radius 1 is 0.421 bits per heavy atom. The fourth-order valence-electron chi connectivity index (χ4n) is 22.7. The van der Waals surface area contributed by atoms with Crippen LogP contribution in [0.1, 0.15) is 215 Å². The maximum atomic E-state index is 14.1. The molecule has 107 heavy (non-hydrogen) atoms. The van der Waals surface area contributed by atoms with Gasteiger partial charge in [0.1, 0.15) is 72.6 Å². The summed E-state index contributed by atoms with van der Waals surface area (Å²) in [6, 6.07) is 0. The molecule has 20 aliphatic rings. The van der Waals surface area contributed by atoms with Gasteiger partial charge in [0.25, 0.3) is 0 Å². The summed E-state index contributed by atoms with van der Waals surface area (Å²) < 4.78 is 108. The number of fused-ring (bicyclic) bond motifs is 12. The van der Waals surface area contributed by atoms with Gasteiger partial charge in [-0.2, -0.15) is 14.2 Å². The number of ether oxygens (including phenoxy) is 16. The molecule has 20 heterocycles. The molecule has 0 aromatic carbocycles. The van der Waals surface area contributed by atoms with E-state index in [9.17, 15) is 19.8 Å². The van der Waals surface area contributed by atoms with Gasteiger partial charge < -0.3 is 96.2 Å². The van der Waals surface area contributed by atoms with E-state index in [0.717, 1.165) is 147 Å². The van der Waals surface area contributed by atoms with Crippen molar-refractivity contribution in [3.05, 3.63) is 48.6 Å². The summed E-state index contributed by atoms with van der Waals surface area (Å²) in [5.41, 5.74) is 4.56. The van der Waals surface area contributed by atoms with Gasteiger partial charge in [-0.15, -0.1) is 0 Å². The Morgan fingerprint density at radius 3 is 1.23 bits per heavy atom. The van der Waals surface area contributed by atoms with Crippen LogP contribution in [0.3, 0.4) is 0 Å². The minimum absolute atomic E-state index is 0. The van der Waals surface area contributed by atoms with Gasteiger partial charge in [-0.1, -0.05) is 74.3 Å². The molecule has 6 unspecified atom stereocenters. The van der Waals surface area contributed by atoms with Gasteiger partial charge in [0.05, 0.1) is 123 Å². The fraction of sp³-hybridized carbons (Fsp3) is 0.881. The monoisotopic (exact) mass is 1510 g/mol. The van der Waals surface area contributed by atoms with Crippen molar-refractivity contribution in [1.29, 1.82) is 0 Å². The van der Waals surface area contributed by atoms with Crippen LogP contribution in [0.2, 0.25) is 0 Å². The molecule has 22 nitrogen and oxygen atoms in total. The molecule has 596 valence electrons. The van der Waals surface area contributed by atoms with Crippen molar-refractivity contribution >= 4 is 34.6 Å². The normalized spacial score (nSPS) is 50.8. The van der Waals surface area contributed by atoms with Gasteiger partial charge in [0.2, 0.25) is 0 Å². The van der Waals surface area contributed by atoms with E-state index >= 15 is 0 Å². The van der Waals surface area contributed by atoms with Crippen LogP contribution in [-0.2, 0) is 85.4 Å². The van der Waals surface area contributed by atoms with Gasteiger partial charge in [-0.3, -0.25) is 9.59 Å². The van der Waals surface area contributed by atoms with Crippen molar-refractivity contribution in [2.45, 2.75) is 403 Å². The predicted octanol–water partition coefficient (Wildman–Crippen LogP) is 8.45. The number of hydrogen-bond acceptors (Lipinski definition) is 22. The number of hydrogen-bond donors (Lipinski definition) is 2. The largest absolute Gasteiger partial charge is 2.00 e. The van der Waals surface area contributed by atoms with Gasteiger partial charge >= 0.3 is 23.1 Å². The van der Waals surface area contributed by atoms with Crippen molar-refractivity contribution in [3.8, 4) is 0 Å². The molecule has 20 saturated heterocycles. The average Bonchev–Trinajstić information content (AvgIpc) is 1.55. The third kappa shape index (κ3) is 16.6. The third-order valence-electron chi connectivity index (χ3n) is 28.9. The maximum absolute atomic E-state index is 14.1. The van der Waals surface area contributed by atoms with E-state index in [1.165, 1.54) is 5.57 Å². The van der Waals surface area contributed by atoms with E-state index in [2.05, 4.69) is 67.9 Å². The third-order valence-corrected chi connectivity index (χ3v) is 28.9. The molecular weight excluding hydrogens is 1390 g/mol.